The third-order valence-corrected chi connectivity index (χ3v) is 3.85. The maximum Gasteiger partial charge on any atom is 0.0951 e. The van der Waals surface area contributed by atoms with Crippen molar-refractivity contribution in [1.29, 1.82) is 0 Å². The van der Waals surface area contributed by atoms with Gasteiger partial charge in [0.1, 0.15) is 0 Å². The molecule has 1 fully saturated rings. The van der Waals surface area contributed by atoms with Gasteiger partial charge in [0.2, 0.25) is 0 Å². The zero-order valence-corrected chi connectivity index (χ0v) is 11.7. The first-order chi connectivity index (χ1) is 8.81. The highest BCUT2D eigenvalue weighted by Gasteiger charge is 2.29. The lowest BCUT2D eigenvalue weighted by Crippen LogP contribution is -2.35. The molecule has 102 valence electrons. The van der Waals surface area contributed by atoms with Crippen molar-refractivity contribution in [3.05, 3.63) is 18.2 Å². The molecule has 2 rings (SSSR count). The number of imidazole rings is 1. The second-order valence-corrected chi connectivity index (χ2v) is 5.19. The Morgan fingerprint density at radius 1 is 1.50 bits per heavy atom. The first-order valence-corrected chi connectivity index (χ1v) is 7.27. The van der Waals surface area contributed by atoms with E-state index in [0.29, 0.717) is 18.6 Å². The third kappa shape index (κ3) is 2.93. The molecular weight excluding hydrogens is 224 g/mol. The van der Waals surface area contributed by atoms with Gasteiger partial charge in [-0.3, -0.25) is 4.90 Å². The molecule has 0 saturated heterocycles. The molecule has 18 heavy (non-hydrogen) atoms. The van der Waals surface area contributed by atoms with Crippen LogP contribution >= 0.6 is 0 Å². The van der Waals surface area contributed by atoms with E-state index in [-0.39, 0.29) is 0 Å². The van der Waals surface area contributed by atoms with Crippen LogP contribution in [-0.2, 0) is 0 Å². The molecule has 1 unspecified atom stereocenters. The summed E-state index contributed by atoms with van der Waals surface area (Å²) in [5.41, 5.74) is 7.32. The molecule has 0 aromatic carbocycles. The quantitative estimate of drug-likeness (QED) is 0.770. The van der Waals surface area contributed by atoms with Crippen LogP contribution in [0.25, 0.3) is 0 Å². The first kappa shape index (κ1) is 13.6. The number of hydrogen-bond acceptors (Lipinski definition) is 3. The summed E-state index contributed by atoms with van der Waals surface area (Å²) in [6.45, 7) is 7.31. The SMILES string of the molecule is CCCCN(CC)C(CN)c1cncn1C1CC1. The summed E-state index contributed by atoms with van der Waals surface area (Å²) in [6.07, 6.45) is 9.04. The molecule has 1 aromatic heterocycles. The number of hydrogen-bond donors (Lipinski definition) is 1. The number of aromatic nitrogens is 2. The normalized spacial score (nSPS) is 17.3. The van der Waals surface area contributed by atoms with E-state index in [1.165, 1.54) is 31.4 Å². The number of unbranched alkanes of at least 4 members (excludes halogenated alkanes) is 1. The minimum absolute atomic E-state index is 0.324. The third-order valence-electron chi connectivity index (χ3n) is 3.85. The van der Waals surface area contributed by atoms with Gasteiger partial charge in [-0.05, 0) is 32.4 Å². The highest BCUT2D eigenvalue weighted by molar-refractivity contribution is 5.10. The molecule has 0 bridgehead atoms. The predicted octanol–water partition coefficient (Wildman–Crippen LogP) is 2.34. The molecule has 1 heterocycles. The minimum atomic E-state index is 0.324. The fraction of sp³-hybridized carbons (Fsp3) is 0.786. The lowest BCUT2D eigenvalue weighted by atomic mass is 10.1. The maximum atomic E-state index is 6.02. The van der Waals surface area contributed by atoms with E-state index in [0.717, 1.165) is 13.1 Å². The lowest BCUT2D eigenvalue weighted by molar-refractivity contribution is 0.201. The van der Waals surface area contributed by atoms with Gasteiger partial charge in [-0.25, -0.2) is 4.98 Å². The van der Waals surface area contributed by atoms with Crippen molar-refractivity contribution in [3.8, 4) is 0 Å². The summed E-state index contributed by atoms with van der Waals surface area (Å²) in [6, 6.07) is 1.01. The van der Waals surface area contributed by atoms with Crippen LogP contribution in [0.3, 0.4) is 0 Å². The molecule has 4 heteroatoms. The highest BCUT2D eigenvalue weighted by Crippen LogP contribution is 2.37. The predicted molar refractivity (Wildman–Crippen MR) is 74.4 cm³/mol. The van der Waals surface area contributed by atoms with Crippen molar-refractivity contribution in [2.75, 3.05) is 19.6 Å². The molecule has 2 N–H and O–H groups in total. The fourth-order valence-electron chi connectivity index (χ4n) is 2.58. The molecule has 0 amide bonds. The topological polar surface area (TPSA) is 47.1 Å². The van der Waals surface area contributed by atoms with Crippen LogP contribution in [0, 0.1) is 0 Å². The van der Waals surface area contributed by atoms with Crippen LogP contribution in [0.2, 0.25) is 0 Å². The van der Waals surface area contributed by atoms with E-state index in [9.17, 15) is 0 Å². The molecule has 1 aliphatic rings. The summed E-state index contributed by atoms with van der Waals surface area (Å²) in [7, 11) is 0. The van der Waals surface area contributed by atoms with Gasteiger partial charge in [0, 0.05) is 18.8 Å². The van der Waals surface area contributed by atoms with Crippen LogP contribution in [0.4, 0.5) is 0 Å². The molecule has 0 radical (unpaired) electrons. The first-order valence-electron chi connectivity index (χ1n) is 7.27. The summed E-state index contributed by atoms with van der Waals surface area (Å²) >= 11 is 0. The number of nitrogens with two attached hydrogens (primary N) is 1. The second kappa shape index (κ2) is 6.34. The van der Waals surface area contributed by atoms with Gasteiger partial charge in [0.15, 0.2) is 0 Å². The van der Waals surface area contributed by atoms with Crippen molar-refractivity contribution in [2.24, 2.45) is 5.73 Å². The van der Waals surface area contributed by atoms with Crippen molar-refractivity contribution < 1.29 is 0 Å². The van der Waals surface area contributed by atoms with Gasteiger partial charge in [-0.1, -0.05) is 20.3 Å². The molecule has 1 saturated carbocycles. The second-order valence-electron chi connectivity index (χ2n) is 5.19. The lowest BCUT2D eigenvalue weighted by Gasteiger charge is -2.30. The standard InChI is InChI=1S/C14H26N4/c1-3-5-8-17(4-2)13(9-15)14-10-16-11-18(14)12-6-7-12/h10-13H,3-9,15H2,1-2H3. The minimum Gasteiger partial charge on any atom is -0.330 e. The van der Waals surface area contributed by atoms with E-state index < -0.39 is 0 Å². The molecule has 0 aliphatic heterocycles. The Morgan fingerprint density at radius 3 is 2.83 bits per heavy atom. The Labute approximate surface area is 110 Å². The molecule has 0 spiro atoms. The average Bonchev–Trinajstić information content (AvgIpc) is 3.13. The van der Waals surface area contributed by atoms with Gasteiger partial charge in [0.05, 0.1) is 18.1 Å². The van der Waals surface area contributed by atoms with Crippen LogP contribution in [0.5, 0.6) is 0 Å². The van der Waals surface area contributed by atoms with Crippen molar-refractivity contribution in [1.82, 2.24) is 14.5 Å². The number of likely N-dealkylation sites (N-methyl/N-ethyl adjacent to an activating group) is 1. The number of rotatable bonds is 8. The molecule has 4 nitrogen and oxygen atoms in total. The van der Waals surface area contributed by atoms with Crippen LogP contribution < -0.4 is 5.73 Å². The Hall–Kier alpha value is -0.870. The van der Waals surface area contributed by atoms with Crippen LogP contribution in [-0.4, -0.2) is 34.1 Å². The van der Waals surface area contributed by atoms with Gasteiger partial charge in [-0.2, -0.15) is 0 Å². The van der Waals surface area contributed by atoms with Gasteiger partial charge in [0.25, 0.3) is 0 Å². The van der Waals surface area contributed by atoms with E-state index in [1.54, 1.807) is 0 Å². The smallest absolute Gasteiger partial charge is 0.0951 e. The summed E-state index contributed by atoms with van der Waals surface area (Å²) < 4.78 is 2.34. The molecule has 1 aromatic rings. The molecule has 1 atom stereocenters. The van der Waals surface area contributed by atoms with Crippen molar-refractivity contribution in [3.63, 3.8) is 0 Å². The maximum absolute atomic E-state index is 6.02. The monoisotopic (exact) mass is 250 g/mol. The Balaban J connectivity index is 2.12. The highest BCUT2D eigenvalue weighted by atomic mass is 15.2. The Morgan fingerprint density at radius 2 is 2.28 bits per heavy atom. The number of nitrogens with zero attached hydrogens (tertiary/aromatic N) is 3. The van der Waals surface area contributed by atoms with E-state index in [4.69, 9.17) is 5.73 Å². The van der Waals surface area contributed by atoms with E-state index in [1.807, 2.05) is 12.5 Å². The summed E-state index contributed by atoms with van der Waals surface area (Å²) in [4.78, 5) is 6.82. The largest absolute Gasteiger partial charge is 0.330 e. The fourth-order valence-corrected chi connectivity index (χ4v) is 2.58. The van der Waals surface area contributed by atoms with E-state index in [2.05, 4.69) is 28.3 Å². The zero-order valence-electron chi connectivity index (χ0n) is 11.7. The Bertz CT molecular complexity index is 356. The molecular formula is C14H26N4. The van der Waals surface area contributed by atoms with Crippen LogP contribution in [0.1, 0.15) is 57.3 Å². The van der Waals surface area contributed by atoms with Gasteiger partial charge >= 0.3 is 0 Å². The molecule has 1 aliphatic carbocycles. The van der Waals surface area contributed by atoms with Crippen molar-refractivity contribution in [2.45, 2.75) is 51.6 Å². The van der Waals surface area contributed by atoms with Gasteiger partial charge < -0.3 is 10.3 Å². The van der Waals surface area contributed by atoms with Crippen molar-refractivity contribution >= 4 is 0 Å². The average molecular weight is 250 g/mol. The van der Waals surface area contributed by atoms with Gasteiger partial charge in [-0.15, -0.1) is 0 Å². The summed E-state index contributed by atoms with van der Waals surface area (Å²) in [5, 5.41) is 0. The summed E-state index contributed by atoms with van der Waals surface area (Å²) in [5.74, 6) is 0. The Kier molecular flexibility index (Phi) is 4.78. The zero-order chi connectivity index (χ0) is 13.0. The van der Waals surface area contributed by atoms with E-state index >= 15 is 0 Å². The van der Waals surface area contributed by atoms with Crippen LogP contribution in [0.15, 0.2) is 12.5 Å².